The first-order valence-electron chi connectivity index (χ1n) is 6.03. The Hall–Kier alpha value is -0.530. The van der Waals surface area contributed by atoms with Crippen LogP contribution in [0.4, 0.5) is 0 Å². The maximum absolute atomic E-state index is 11.6. The van der Waals surface area contributed by atoms with Crippen LogP contribution in [0.1, 0.15) is 13.3 Å². The van der Waals surface area contributed by atoms with E-state index in [1.165, 1.54) is 4.31 Å². The first-order chi connectivity index (χ1) is 8.60. The zero-order valence-electron chi connectivity index (χ0n) is 11.1. The fourth-order valence-corrected chi connectivity index (χ4v) is 3.21. The molecule has 1 fully saturated rings. The Morgan fingerprint density at radius 3 is 2.74 bits per heavy atom. The largest absolute Gasteiger partial charge is 0.357 e. The summed E-state index contributed by atoms with van der Waals surface area (Å²) in [4.78, 5) is 4.27. The van der Waals surface area contributed by atoms with Gasteiger partial charge < -0.3 is 10.6 Å². The molecule has 0 bridgehead atoms. The van der Waals surface area contributed by atoms with Crippen molar-refractivity contribution in [2.75, 3.05) is 38.5 Å². The number of nitrogens with zero attached hydrogens (tertiary/aromatic N) is 2. The van der Waals surface area contributed by atoms with Gasteiger partial charge in [-0.25, -0.2) is 12.7 Å². The van der Waals surface area contributed by atoms with E-state index in [0.717, 1.165) is 6.54 Å². The van der Waals surface area contributed by atoms with E-state index in [2.05, 4.69) is 21.5 Å². The Morgan fingerprint density at radius 1 is 1.47 bits per heavy atom. The lowest BCUT2D eigenvalue weighted by Crippen LogP contribution is -2.38. The maximum atomic E-state index is 11.6. The van der Waals surface area contributed by atoms with Gasteiger partial charge in [0, 0.05) is 19.6 Å². The highest BCUT2D eigenvalue weighted by molar-refractivity contribution is 14.0. The molecule has 0 amide bonds. The number of guanidine groups is 1. The maximum Gasteiger partial charge on any atom is 0.214 e. The monoisotopic (exact) mass is 400 g/mol. The zero-order valence-corrected chi connectivity index (χ0v) is 14.2. The molecule has 1 rings (SSSR count). The van der Waals surface area contributed by atoms with Crippen molar-refractivity contribution in [3.8, 4) is 12.3 Å². The van der Waals surface area contributed by atoms with Gasteiger partial charge in [0.1, 0.15) is 0 Å². The quantitative estimate of drug-likeness (QED) is 0.291. The van der Waals surface area contributed by atoms with Gasteiger partial charge in [-0.1, -0.05) is 5.92 Å². The molecule has 0 aromatic rings. The third-order valence-electron chi connectivity index (χ3n) is 2.52. The third kappa shape index (κ3) is 6.44. The molecule has 0 aromatic carbocycles. The predicted molar refractivity (Wildman–Crippen MR) is 88.2 cm³/mol. The molecule has 0 saturated carbocycles. The summed E-state index contributed by atoms with van der Waals surface area (Å²) in [5.74, 6) is 3.34. The fraction of sp³-hybridized carbons (Fsp3) is 0.727. The van der Waals surface area contributed by atoms with Crippen LogP contribution in [0.3, 0.4) is 0 Å². The molecular weight excluding hydrogens is 379 g/mol. The molecule has 1 aliphatic heterocycles. The normalized spacial score (nSPS) is 18.4. The zero-order chi connectivity index (χ0) is 13.4. The summed E-state index contributed by atoms with van der Waals surface area (Å²) in [7, 11) is -3.02. The molecule has 0 radical (unpaired) electrons. The van der Waals surface area contributed by atoms with Crippen LogP contribution in [0.25, 0.3) is 0 Å². The lowest BCUT2D eigenvalue weighted by molar-refractivity contribution is 0.452. The number of rotatable bonds is 5. The highest BCUT2D eigenvalue weighted by atomic mass is 127. The standard InChI is InChI=1S/C11H20N4O2S.HI/c1-3-6-13-11(12-4-2)14-7-9-15-8-5-10-18(15,16)17;/h1H,4-10H2,2H3,(H2,12,13,14);1H. The van der Waals surface area contributed by atoms with Gasteiger partial charge in [0.2, 0.25) is 10.0 Å². The van der Waals surface area contributed by atoms with Crippen molar-refractivity contribution in [3.05, 3.63) is 0 Å². The van der Waals surface area contributed by atoms with Crippen LogP contribution < -0.4 is 10.6 Å². The van der Waals surface area contributed by atoms with Gasteiger partial charge in [-0.2, -0.15) is 0 Å². The van der Waals surface area contributed by atoms with Crippen LogP contribution in [0.5, 0.6) is 0 Å². The Morgan fingerprint density at radius 2 is 2.21 bits per heavy atom. The van der Waals surface area contributed by atoms with E-state index in [-0.39, 0.29) is 29.7 Å². The van der Waals surface area contributed by atoms with Crippen LogP contribution in [-0.2, 0) is 10.0 Å². The topological polar surface area (TPSA) is 73.8 Å². The van der Waals surface area contributed by atoms with Crippen LogP contribution >= 0.6 is 24.0 Å². The van der Waals surface area contributed by atoms with Crippen molar-refractivity contribution in [1.82, 2.24) is 14.9 Å². The van der Waals surface area contributed by atoms with E-state index in [1.54, 1.807) is 0 Å². The van der Waals surface area contributed by atoms with Crippen molar-refractivity contribution in [2.45, 2.75) is 13.3 Å². The van der Waals surface area contributed by atoms with Crippen LogP contribution in [0.15, 0.2) is 4.99 Å². The number of sulfonamides is 1. The van der Waals surface area contributed by atoms with Crippen LogP contribution in [0.2, 0.25) is 0 Å². The molecule has 0 aliphatic carbocycles. The smallest absolute Gasteiger partial charge is 0.214 e. The van der Waals surface area contributed by atoms with Crippen LogP contribution in [-0.4, -0.2) is 57.2 Å². The van der Waals surface area contributed by atoms with Crippen molar-refractivity contribution in [3.63, 3.8) is 0 Å². The van der Waals surface area contributed by atoms with Crippen molar-refractivity contribution in [1.29, 1.82) is 0 Å². The summed E-state index contributed by atoms with van der Waals surface area (Å²) < 4.78 is 24.6. The summed E-state index contributed by atoms with van der Waals surface area (Å²) in [6.07, 6.45) is 5.86. The number of halogens is 1. The summed E-state index contributed by atoms with van der Waals surface area (Å²) in [6, 6.07) is 0. The number of terminal acetylenes is 1. The van der Waals surface area contributed by atoms with Gasteiger partial charge >= 0.3 is 0 Å². The van der Waals surface area contributed by atoms with Crippen molar-refractivity contribution < 1.29 is 8.42 Å². The van der Waals surface area contributed by atoms with Gasteiger partial charge in [-0.15, -0.1) is 30.4 Å². The Kier molecular flexibility index (Phi) is 9.12. The SMILES string of the molecule is C#CCNC(=NCCN1CCCS1(=O)=O)NCC.I. The summed E-state index contributed by atoms with van der Waals surface area (Å²) in [5, 5.41) is 5.99. The third-order valence-corrected chi connectivity index (χ3v) is 4.48. The first-order valence-corrected chi connectivity index (χ1v) is 7.64. The van der Waals surface area contributed by atoms with Crippen LogP contribution in [0, 0.1) is 12.3 Å². The fourth-order valence-electron chi connectivity index (χ4n) is 1.69. The minimum Gasteiger partial charge on any atom is -0.357 e. The molecule has 1 aliphatic rings. The Balaban J connectivity index is 0.00000324. The van der Waals surface area contributed by atoms with E-state index in [4.69, 9.17) is 6.42 Å². The highest BCUT2D eigenvalue weighted by Crippen LogP contribution is 2.11. The average Bonchev–Trinajstić information content (AvgIpc) is 2.66. The molecule has 0 atom stereocenters. The van der Waals surface area contributed by atoms with E-state index in [9.17, 15) is 8.42 Å². The van der Waals surface area contributed by atoms with Crippen molar-refractivity contribution >= 4 is 40.0 Å². The van der Waals surface area contributed by atoms with Gasteiger partial charge in [0.25, 0.3) is 0 Å². The highest BCUT2D eigenvalue weighted by Gasteiger charge is 2.27. The molecule has 1 heterocycles. The van der Waals surface area contributed by atoms with Gasteiger partial charge in [0.05, 0.1) is 18.8 Å². The Bertz CT molecular complexity index is 430. The summed E-state index contributed by atoms with van der Waals surface area (Å²) in [6.45, 7) is 4.55. The second-order valence-electron chi connectivity index (χ2n) is 3.89. The van der Waals surface area contributed by atoms with Gasteiger partial charge in [-0.05, 0) is 13.3 Å². The number of hydrogen-bond donors (Lipinski definition) is 2. The van der Waals surface area contributed by atoms with E-state index in [1.807, 2.05) is 6.92 Å². The van der Waals surface area contributed by atoms with E-state index in [0.29, 0.717) is 38.6 Å². The molecular formula is C11H21IN4O2S. The van der Waals surface area contributed by atoms with E-state index >= 15 is 0 Å². The molecule has 8 heteroatoms. The van der Waals surface area contributed by atoms with Gasteiger partial charge in [-0.3, -0.25) is 4.99 Å². The molecule has 0 spiro atoms. The van der Waals surface area contributed by atoms with Gasteiger partial charge in [0.15, 0.2) is 5.96 Å². The minimum atomic E-state index is -3.02. The Labute approximate surface area is 132 Å². The van der Waals surface area contributed by atoms with Crippen molar-refractivity contribution in [2.24, 2.45) is 4.99 Å². The number of hydrogen-bond acceptors (Lipinski definition) is 3. The van der Waals surface area contributed by atoms with E-state index < -0.39 is 10.0 Å². The molecule has 0 unspecified atom stereocenters. The number of nitrogens with one attached hydrogen (secondary N) is 2. The predicted octanol–water partition coefficient (Wildman–Crippen LogP) is -0.172. The molecule has 1 saturated heterocycles. The molecule has 0 aromatic heterocycles. The molecule has 19 heavy (non-hydrogen) atoms. The molecule has 6 nitrogen and oxygen atoms in total. The summed E-state index contributed by atoms with van der Waals surface area (Å²) >= 11 is 0. The second-order valence-corrected chi connectivity index (χ2v) is 5.98. The summed E-state index contributed by atoms with van der Waals surface area (Å²) in [5.41, 5.74) is 0. The lowest BCUT2D eigenvalue weighted by atomic mass is 10.5. The number of aliphatic imine (C=N–C) groups is 1. The average molecular weight is 400 g/mol. The lowest BCUT2D eigenvalue weighted by Gasteiger charge is -2.13. The second kappa shape index (κ2) is 9.39. The molecule has 2 N–H and O–H groups in total. The molecule has 110 valence electrons. The minimum absolute atomic E-state index is 0. The first kappa shape index (κ1) is 18.5.